The molecule has 18 heavy (non-hydrogen) atoms. The number of piperidine rings is 1. The molecular formula is C14H25N3O. The number of ether oxygens (including phenoxy) is 1. The molecule has 1 fully saturated rings. The summed E-state index contributed by atoms with van der Waals surface area (Å²) < 4.78 is 5.35. The molecule has 0 bridgehead atoms. The minimum Gasteiger partial charge on any atom is -0.499 e. The molecule has 0 spiro atoms. The monoisotopic (exact) mass is 251 g/mol. The van der Waals surface area contributed by atoms with Crippen LogP contribution in [0.5, 0.6) is 0 Å². The third kappa shape index (κ3) is 2.87. The van der Waals surface area contributed by atoms with E-state index in [0.29, 0.717) is 6.04 Å². The van der Waals surface area contributed by atoms with Gasteiger partial charge in [0, 0.05) is 31.6 Å². The summed E-state index contributed by atoms with van der Waals surface area (Å²) in [6, 6.07) is 1.19. The Morgan fingerprint density at radius 1 is 1.33 bits per heavy atom. The van der Waals surface area contributed by atoms with Crippen molar-refractivity contribution in [2.75, 3.05) is 34.3 Å². The molecule has 1 aliphatic carbocycles. The number of allylic oxidation sites excluding steroid dienone is 1. The van der Waals surface area contributed by atoms with Crippen molar-refractivity contribution < 1.29 is 4.74 Å². The van der Waals surface area contributed by atoms with Gasteiger partial charge in [-0.15, -0.1) is 0 Å². The maximum absolute atomic E-state index is 5.89. The van der Waals surface area contributed by atoms with Gasteiger partial charge in [0.25, 0.3) is 0 Å². The highest BCUT2D eigenvalue weighted by Crippen LogP contribution is 2.24. The summed E-state index contributed by atoms with van der Waals surface area (Å²) in [5.74, 6) is 0.928. The molecule has 1 atom stereocenters. The average Bonchev–Trinajstić information content (AvgIpc) is 2.39. The first-order valence-corrected chi connectivity index (χ1v) is 6.73. The van der Waals surface area contributed by atoms with E-state index in [0.717, 1.165) is 37.0 Å². The van der Waals surface area contributed by atoms with E-state index in [1.54, 1.807) is 7.11 Å². The van der Waals surface area contributed by atoms with E-state index >= 15 is 0 Å². The van der Waals surface area contributed by atoms with Crippen molar-refractivity contribution in [1.29, 1.82) is 0 Å². The molecule has 0 amide bonds. The lowest BCUT2D eigenvalue weighted by molar-refractivity contribution is 0.115. The number of methoxy groups -OCH3 is 1. The van der Waals surface area contributed by atoms with Crippen molar-refractivity contribution in [3.05, 3.63) is 23.6 Å². The standard InChI is InChI=1S/C14H25N3O/c1-16(2)11-6-8-17(9-7-11)12-4-5-13(15)14(10-12)18-3/h4-5,11-12H,6-10,15H2,1-3H3. The van der Waals surface area contributed by atoms with Crippen LogP contribution in [0.15, 0.2) is 23.6 Å². The van der Waals surface area contributed by atoms with E-state index in [2.05, 4.69) is 30.0 Å². The second kappa shape index (κ2) is 5.76. The van der Waals surface area contributed by atoms with Gasteiger partial charge in [-0.3, -0.25) is 4.90 Å². The number of likely N-dealkylation sites (tertiary alicyclic amines) is 1. The van der Waals surface area contributed by atoms with Crippen LogP contribution in [0.4, 0.5) is 0 Å². The van der Waals surface area contributed by atoms with Crippen molar-refractivity contribution in [2.24, 2.45) is 5.73 Å². The van der Waals surface area contributed by atoms with E-state index in [9.17, 15) is 0 Å². The number of hydrogen-bond acceptors (Lipinski definition) is 4. The fourth-order valence-electron chi connectivity index (χ4n) is 2.87. The van der Waals surface area contributed by atoms with Crippen LogP contribution in [-0.2, 0) is 4.74 Å². The van der Waals surface area contributed by atoms with Gasteiger partial charge in [0.2, 0.25) is 0 Å². The van der Waals surface area contributed by atoms with Gasteiger partial charge in [-0.25, -0.2) is 0 Å². The zero-order valence-corrected chi connectivity index (χ0v) is 11.7. The zero-order valence-electron chi connectivity index (χ0n) is 11.7. The smallest absolute Gasteiger partial charge is 0.120 e. The van der Waals surface area contributed by atoms with Gasteiger partial charge in [0.1, 0.15) is 5.76 Å². The molecule has 1 aliphatic heterocycles. The normalized spacial score (nSPS) is 27.0. The fourth-order valence-corrected chi connectivity index (χ4v) is 2.87. The highest BCUT2D eigenvalue weighted by Gasteiger charge is 2.27. The van der Waals surface area contributed by atoms with E-state index in [4.69, 9.17) is 10.5 Å². The molecule has 1 heterocycles. The molecule has 0 radical (unpaired) electrons. The molecule has 2 rings (SSSR count). The van der Waals surface area contributed by atoms with Crippen molar-refractivity contribution >= 4 is 0 Å². The number of nitrogens with two attached hydrogens (primary N) is 1. The summed E-state index contributed by atoms with van der Waals surface area (Å²) in [5.41, 5.74) is 6.66. The predicted octanol–water partition coefficient (Wildman–Crippen LogP) is 1.16. The van der Waals surface area contributed by atoms with E-state index < -0.39 is 0 Å². The quantitative estimate of drug-likeness (QED) is 0.817. The first-order chi connectivity index (χ1) is 8.61. The van der Waals surface area contributed by atoms with Gasteiger partial charge < -0.3 is 15.4 Å². The second-order valence-corrected chi connectivity index (χ2v) is 5.44. The first-order valence-electron chi connectivity index (χ1n) is 6.73. The van der Waals surface area contributed by atoms with Crippen LogP contribution in [0.1, 0.15) is 19.3 Å². The molecule has 1 unspecified atom stereocenters. The molecule has 4 nitrogen and oxygen atoms in total. The van der Waals surface area contributed by atoms with Gasteiger partial charge in [-0.2, -0.15) is 0 Å². The summed E-state index contributed by atoms with van der Waals surface area (Å²) in [7, 11) is 6.05. The predicted molar refractivity (Wildman–Crippen MR) is 74.0 cm³/mol. The third-order valence-corrected chi connectivity index (χ3v) is 4.16. The van der Waals surface area contributed by atoms with E-state index in [-0.39, 0.29) is 0 Å². The largest absolute Gasteiger partial charge is 0.499 e. The molecule has 0 aromatic heterocycles. The van der Waals surface area contributed by atoms with Crippen LogP contribution in [-0.4, -0.2) is 56.2 Å². The molecular weight excluding hydrogens is 226 g/mol. The molecule has 2 N–H and O–H groups in total. The minimum atomic E-state index is 0.454. The molecule has 102 valence electrons. The Balaban J connectivity index is 1.90. The van der Waals surface area contributed by atoms with Gasteiger partial charge in [0.15, 0.2) is 0 Å². The number of hydrogen-bond donors (Lipinski definition) is 1. The number of nitrogens with zero attached hydrogens (tertiary/aromatic N) is 2. The fraction of sp³-hybridized carbons (Fsp3) is 0.714. The Hall–Kier alpha value is -1.00. The summed E-state index contributed by atoms with van der Waals surface area (Å²) in [4.78, 5) is 4.88. The Morgan fingerprint density at radius 3 is 2.56 bits per heavy atom. The van der Waals surface area contributed by atoms with Crippen LogP contribution in [0.25, 0.3) is 0 Å². The molecule has 0 saturated carbocycles. The van der Waals surface area contributed by atoms with Crippen molar-refractivity contribution in [3.8, 4) is 0 Å². The van der Waals surface area contributed by atoms with Crippen LogP contribution >= 0.6 is 0 Å². The van der Waals surface area contributed by atoms with Crippen LogP contribution in [0, 0.1) is 0 Å². The van der Waals surface area contributed by atoms with Gasteiger partial charge >= 0.3 is 0 Å². The first kappa shape index (κ1) is 13.4. The maximum Gasteiger partial charge on any atom is 0.120 e. The minimum absolute atomic E-state index is 0.454. The Labute approximate surface area is 110 Å². The highest BCUT2D eigenvalue weighted by atomic mass is 16.5. The Morgan fingerprint density at radius 2 is 2.00 bits per heavy atom. The van der Waals surface area contributed by atoms with Crippen LogP contribution in [0.3, 0.4) is 0 Å². The van der Waals surface area contributed by atoms with Crippen molar-refractivity contribution in [2.45, 2.75) is 31.3 Å². The van der Waals surface area contributed by atoms with Crippen LogP contribution < -0.4 is 5.73 Å². The van der Waals surface area contributed by atoms with Crippen LogP contribution in [0.2, 0.25) is 0 Å². The molecule has 0 aromatic rings. The van der Waals surface area contributed by atoms with Crippen molar-refractivity contribution in [3.63, 3.8) is 0 Å². The summed E-state index contributed by atoms with van der Waals surface area (Å²) in [5, 5.41) is 0. The van der Waals surface area contributed by atoms with E-state index in [1.165, 1.54) is 12.8 Å². The highest BCUT2D eigenvalue weighted by molar-refractivity contribution is 5.26. The Kier molecular flexibility index (Phi) is 4.30. The van der Waals surface area contributed by atoms with Gasteiger partial charge in [-0.05, 0) is 33.0 Å². The maximum atomic E-state index is 5.89. The summed E-state index contributed by atoms with van der Waals surface area (Å²) in [6.45, 7) is 2.32. The van der Waals surface area contributed by atoms with Gasteiger partial charge in [-0.1, -0.05) is 6.08 Å². The third-order valence-electron chi connectivity index (χ3n) is 4.16. The lowest BCUT2D eigenvalue weighted by atomic mass is 9.98. The average molecular weight is 251 g/mol. The number of rotatable bonds is 3. The lowest BCUT2D eigenvalue weighted by Gasteiger charge is -2.39. The topological polar surface area (TPSA) is 41.7 Å². The van der Waals surface area contributed by atoms with E-state index in [1.807, 2.05) is 6.08 Å². The van der Waals surface area contributed by atoms with Crippen molar-refractivity contribution in [1.82, 2.24) is 9.80 Å². The molecule has 2 aliphatic rings. The second-order valence-electron chi connectivity index (χ2n) is 5.44. The van der Waals surface area contributed by atoms with Gasteiger partial charge in [0.05, 0.1) is 12.8 Å². The summed E-state index contributed by atoms with van der Waals surface area (Å²) in [6.07, 6.45) is 7.61. The SMILES string of the molecule is COC1=C(N)C=CC(N2CCC(N(C)C)CC2)C1. The lowest BCUT2D eigenvalue weighted by Crippen LogP contribution is -2.46. The molecule has 1 saturated heterocycles. The zero-order chi connectivity index (χ0) is 13.1. The molecule has 4 heteroatoms. The summed E-state index contributed by atoms with van der Waals surface area (Å²) >= 11 is 0. The molecule has 0 aromatic carbocycles. The Bertz CT molecular complexity index is 341.